The van der Waals surface area contributed by atoms with E-state index in [-0.39, 0.29) is 23.0 Å². The van der Waals surface area contributed by atoms with Crippen molar-refractivity contribution in [3.05, 3.63) is 84.2 Å². The zero-order valence-electron chi connectivity index (χ0n) is 16.4. The highest BCUT2D eigenvalue weighted by molar-refractivity contribution is 6.07. The number of nitrogen functional groups attached to an aromatic ring is 1. The highest BCUT2D eigenvalue weighted by Gasteiger charge is 2.33. The Morgan fingerprint density at radius 3 is 2.38 bits per heavy atom. The lowest BCUT2D eigenvalue weighted by atomic mass is 10.0. The average molecular weight is 438 g/mol. The molecule has 10 heteroatoms. The summed E-state index contributed by atoms with van der Waals surface area (Å²) in [6.45, 7) is 0. The first kappa shape index (κ1) is 20.9. The summed E-state index contributed by atoms with van der Waals surface area (Å²) in [5.74, 6) is -0.448. The minimum atomic E-state index is -4.56. The van der Waals surface area contributed by atoms with Gasteiger partial charge < -0.3 is 11.1 Å². The monoisotopic (exact) mass is 438 g/mol. The molecule has 5 N–H and O–H groups in total. The number of hydrazine groups is 1. The van der Waals surface area contributed by atoms with Crippen molar-refractivity contribution >= 4 is 39.7 Å². The van der Waals surface area contributed by atoms with Crippen molar-refractivity contribution in [3.63, 3.8) is 0 Å². The van der Waals surface area contributed by atoms with E-state index in [2.05, 4.69) is 26.1 Å². The minimum absolute atomic E-state index is 0.0283. The van der Waals surface area contributed by atoms with Gasteiger partial charge >= 0.3 is 6.18 Å². The maximum Gasteiger partial charge on any atom is 0.418 e. The van der Waals surface area contributed by atoms with Gasteiger partial charge in [0, 0.05) is 5.56 Å². The molecule has 0 aliphatic carbocycles. The highest BCUT2D eigenvalue weighted by atomic mass is 19.4. The molecule has 0 saturated carbocycles. The van der Waals surface area contributed by atoms with Gasteiger partial charge in [-0.2, -0.15) is 13.2 Å². The Morgan fingerprint density at radius 2 is 1.56 bits per heavy atom. The number of nitrogens with two attached hydrogens (primary N) is 1. The van der Waals surface area contributed by atoms with E-state index in [1.54, 1.807) is 12.1 Å². The number of fused-ring (bicyclic) bond motifs is 1. The van der Waals surface area contributed by atoms with Crippen LogP contribution in [0.25, 0.3) is 10.8 Å². The third-order valence-corrected chi connectivity index (χ3v) is 4.70. The van der Waals surface area contributed by atoms with E-state index in [1.807, 2.05) is 30.3 Å². The van der Waals surface area contributed by atoms with Gasteiger partial charge in [-0.05, 0) is 29.0 Å². The Balaban J connectivity index is 1.54. The van der Waals surface area contributed by atoms with E-state index < -0.39 is 17.6 Å². The molecule has 4 rings (SSSR count). The summed E-state index contributed by atoms with van der Waals surface area (Å²) in [6, 6.07) is 17.7. The Bertz CT molecular complexity index is 1290. The van der Waals surface area contributed by atoms with Crippen molar-refractivity contribution in [3.8, 4) is 0 Å². The van der Waals surface area contributed by atoms with Crippen LogP contribution in [0.4, 0.5) is 36.2 Å². The summed E-state index contributed by atoms with van der Waals surface area (Å²) in [6.07, 6.45) is -3.44. The van der Waals surface area contributed by atoms with Crippen molar-refractivity contribution in [1.82, 2.24) is 15.4 Å². The largest absolute Gasteiger partial charge is 0.418 e. The maximum absolute atomic E-state index is 13.2. The average Bonchev–Trinajstić information content (AvgIpc) is 2.78. The zero-order chi connectivity index (χ0) is 22.7. The summed E-state index contributed by atoms with van der Waals surface area (Å²) in [5.41, 5.74) is 10.4. The summed E-state index contributed by atoms with van der Waals surface area (Å²) in [4.78, 5) is 20.5. The Hall–Kier alpha value is -4.34. The normalized spacial score (nSPS) is 11.2. The van der Waals surface area contributed by atoms with E-state index in [0.717, 1.165) is 23.2 Å². The molecule has 0 saturated heterocycles. The lowest BCUT2D eigenvalue weighted by Crippen LogP contribution is -2.30. The number of hydrogen-bond acceptors (Lipinski definition) is 6. The quantitative estimate of drug-likeness (QED) is 0.336. The summed E-state index contributed by atoms with van der Waals surface area (Å²) in [7, 11) is 0. The van der Waals surface area contributed by atoms with Gasteiger partial charge in [0.2, 0.25) is 0 Å². The van der Waals surface area contributed by atoms with Crippen LogP contribution in [0.15, 0.2) is 73.1 Å². The standard InChI is InChI=1S/C22H17F3N6O/c23-22(24,25)16-10-3-4-11-17(16)29-19-18(26)20(28-12-27-19)30-31-21(32)15-9-5-7-13-6-1-2-8-14(13)15/h1-12H,26H2,(H,31,32)(H2,27,28,29,30). The van der Waals surface area contributed by atoms with E-state index in [1.165, 1.54) is 18.2 Å². The molecule has 4 aromatic rings. The van der Waals surface area contributed by atoms with Crippen LogP contribution >= 0.6 is 0 Å². The number of benzene rings is 3. The fraction of sp³-hybridized carbons (Fsp3) is 0.0455. The van der Waals surface area contributed by atoms with Gasteiger partial charge in [-0.25, -0.2) is 9.97 Å². The molecule has 1 amide bonds. The number of anilines is 4. The van der Waals surface area contributed by atoms with Crippen LogP contribution in [0.5, 0.6) is 0 Å². The number of alkyl halides is 3. The lowest BCUT2D eigenvalue weighted by Gasteiger charge is -2.16. The first-order valence-electron chi connectivity index (χ1n) is 9.42. The first-order chi connectivity index (χ1) is 15.3. The van der Waals surface area contributed by atoms with E-state index in [9.17, 15) is 18.0 Å². The predicted molar refractivity (Wildman–Crippen MR) is 116 cm³/mol. The number of rotatable bonds is 5. The third kappa shape index (κ3) is 4.24. The van der Waals surface area contributed by atoms with Gasteiger partial charge in [0.15, 0.2) is 11.6 Å². The molecule has 0 aliphatic heterocycles. The lowest BCUT2D eigenvalue weighted by molar-refractivity contribution is -0.136. The van der Waals surface area contributed by atoms with Gasteiger partial charge in [-0.15, -0.1) is 0 Å². The molecular weight excluding hydrogens is 421 g/mol. The molecule has 0 bridgehead atoms. The topological polar surface area (TPSA) is 105 Å². The molecular formula is C22H17F3N6O. The minimum Gasteiger partial charge on any atom is -0.393 e. The first-order valence-corrected chi connectivity index (χ1v) is 9.42. The molecule has 0 radical (unpaired) electrons. The number of carbonyl (C=O) groups excluding carboxylic acids is 1. The van der Waals surface area contributed by atoms with Crippen LogP contribution in [0.1, 0.15) is 15.9 Å². The van der Waals surface area contributed by atoms with Gasteiger partial charge in [0.1, 0.15) is 12.0 Å². The van der Waals surface area contributed by atoms with Crippen molar-refractivity contribution < 1.29 is 18.0 Å². The Labute approximate surface area is 180 Å². The predicted octanol–water partition coefficient (Wildman–Crippen LogP) is 4.73. The molecule has 162 valence electrons. The summed E-state index contributed by atoms with van der Waals surface area (Å²) < 4.78 is 39.7. The van der Waals surface area contributed by atoms with Gasteiger partial charge in [-0.1, -0.05) is 48.5 Å². The van der Waals surface area contributed by atoms with E-state index in [0.29, 0.717) is 5.56 Å². The van der Waals surface area contributed by atoms with Gasteiger partial charge in [0.25, 0.3) is 5.91 Å². The van der Waals surface area contributed by atoms with E-state index in [4.69, 9.17) is 5.73 Å². The van der Waals surface area contributed by atoms with Crippen LogP contribution in [0, 0.1) is 0 Å². The summed E-state index contributed by atoms with van der Waals surface area (Å²) >= 11 is 0. The molecule has 1 heterocycles. The maximum atomic E-state index is 13.2. The van der Waals surface area contributed by atoms with Crippen LogP contribution in [-0.4, -0.2) is 15.9 Å². The fourth-order valence-corrected chi connectivity index (χ4v) is 3.17. The molecule has 0 atom stereocenters. The molecule has 3 aromatic carbocycles. The molecule has 7 nitrogen and oxygen atoms in total. The SMILES string of the molecule is Nc1c(NNC(=O)c2cccc3ccccc23)ncnc1Nc1ccccc1C(F)(F)F. The second kappa shape index (κ2) is 8.42. The molecule has 0 spiro atoms. The van der Waals surface area contributed by atoms with Crippen LogP contribution in [0.2, 0.25) is 0 Å². The Morgan fingerprint density at radius 1 is 0.875 bits per heavy atom. The molecule has 32 heavy (non-hydrogen) atoms. The second-order valence-corrected chi connectivity index (χ2v) is 6.76. The number of para-hydroxylation sites is 1. The zero-order valence-corrected chi connectivity index (χ0v) is 16.4. The van der Waals surface area contributed by atoms with Crippen molar-refractivity contribution in [1.29, 1.82) is 0 Å². The molecule has 0 fully saturated rings. The van der Waals surface area contributed by atoms with Gasteiger partial charge in [0.05, 0.1) is 11.3 Å². The number of aromatic nitrogens is 2. The highest BCUT2D eigenvalue weighted by Crippen LogP contribution is 2.36. The number of nitrogens with zero attached hydrogens (tertiary/aromatic N) is 2. The Kier molecular flexibility index (Phi) is 5.50. The number of halogens is 3. The van der Waals surface area contributed by atoms with E-state index >= 15 is 0 Å². The van der Waals surface area contributed by atoms with Crippen LogP contribution in [-0.2, 0) is 6.18 Å². The third-order valence-electron chi connectivity index (χ3n) is 4.70. The molecule has 0 unspecified atom stereocenters. The number of hydrogen-bond donors (Lipinski definition) is 4. The van der Waals surface area contributed by atoms with Crippen molar-refractivity contribution in [2.45, 2.75) is 6.18 Å². The summed E-state index contributed by atoms with van der Waals surface area (Å²) in [5, 5.41) is 4.24. The van der Waals surface area contributed by atoms with Crippen LogP contribution < -0.4 is 21.9 Å². The smallest absolute Gasteiger partial charge is 0.393 e. The molecule has 1 aromatic heterocycles. The fourth-order valence-electron chi connectivity index (χ4n) is 3.17. The molecule has 0 aliphatic rings. The number of amides is 1. The van der Waals surface area contributed by atoms with Crippen molar-refractivity contribution in [2.24, 2.45) is 0 Å². The van der Waals surface area contributed by atoms with Crippen LogP contribution in [0.3, 0.4) is 0 Å². The van der Waals surface area contributed by atoms with Gasteiger partial charge in [-0.3, -0.25) is 15.6 Å². The second-order valence-electron chi connectivity index (χ2n) is 6.76. The number of carbonyl (C=O) groups is 1. The number of nitrogens with one attached hydrogen (secondary N) is 3. The van der Waals surface area contributed by atoms with Crippen molar-refractivity contribution in [2.75, 3.05) is 16.5 Å².